The number of nitrogens with zero attached hydrogens (tertiary/aromatic N) is 1. The van der Waals surface area contributed by atoms with Crippen molar-refractivity contribution in [2.45, 2.75) is 61.7 Å². The number of nitrogens with one attached hydrogen (secondary N) is 1. The predicted octanol–water partition coefficient (Wildman–Crippen LogP) is 4.31. The molecule has 2 fully saturated rings. The normalized spacial score (nSPS) is 28.4. The van der Waals surface area contributed by atoms with E-state index in [-0.39, 0.29) is 36.0 Å². The van der Waals surface area contributed by atoms with Gasteiger partial charge in [0.05, 0.1) is 6.04 Å². The first-order valence-corrected chi connectivity index (χ1v) is 11.7. The fraction of sp³-hybridized carbons (Fsp3) is 0.650. The van der Waals surface area contributed by atoms with E-state index in [0.29, 0.717) is 55.0 Å². The Morgan fingerprint density at radius 2 is 1.75 bits per heavy atom. The molecule has 0 spiro atoms. The average Bonchev–Trinajstić information content (AvgIpc) is 3.31. The highest BCUT2D eigenvalue weighted by atomic mass is 32.2. The fourth-order valence-corrected chi connectivity index (χ4v) is 6.46. The van der Waals surface area contributed by atoms with Gasteiger partial charge in [0.2, 0.25) is 0 Å². The minimum atomic E-state index is -6.15. The number of hydrogen-bond acceptors (Lipinski definition) is 2. The zero-order valence-corrected chi connectivity index (χ0v) is 17.5. The zero-order chi connectivity index (χ0) is 23.5. The SMILES string of the molecule is O=C(NC1CC[S+]([O-])C1)N1CCC2c3ccc(C(F)(C(F)(F)F)C(F)(F)F)cc3CCC21. The molecule has 1 N–H and O–H groups in total. The Balaban J connectivity index is 1.55. The van der Waals surface area contributed by atoms with E-state index in [0.717, 1.165) is 6.07 Å². The van der Waals surface area contributed by atoms with Crippen LogP contribution in [0.1, 0.15) is 41.9 Å². The molecule has 1 aromatic carbocycles. The van der Waals surface area contributed by atoms with Crippen molar-refractivity contribution in [1.29, 1.82) is 0 Å². The van der Waals surface area contributed by atoms with Crippen LogP contribution in [0.25, 0.3) is 0 Å². The van der Waals surface area contributed by atoms with Crippen LogP contribution in [-0.2, 0) is 23.3 Å². The van der Waals surface area contributed by atoms with Crippen LogP contribution < -0.4 is 5.32 Å². The molecule has 4 rings (SSSR count). The molecule has 0 saturated carbocycles. The number of halogens is 7. The number of urea groups is 1. The third-order valence-electron chi connectivity index (χ3n) is 6.65. The molecular weight excluding hydrogens is 465 g/mol. The van der Waals surface area contributed by atoms with Gasteiger partial charge in [-0.15, -0.1) is 0 Å². The Hall–Kier alpha value is -1.69. The first-order chi connectivity index (χ1) is 14.8. The first-order valence-electron chi connectivity index (χ1n) is 10.2. The van der Waals surface area contributed by atoms with Gasteiger partial charge in [0.1, 0.15) is 11.5 Å². The highest BCUT2D eigenvalue weighted by Gasteiger charge is 2.73. The Morgan fingerprint density at radius 1 is 1.06 bits per heavy atom. The monoisotopic (exact) mass is 486 g/mol. The average molecular weight is 486 g/mol. The summed E-state index contributed by atoms with van der Waals surface area (Å²) in [5.74, 6) is 0.670. The smallest absolute Gasteiger partial charge is 0.435 e. The number of carbonyl (C=O) groups is 1. The lowest BCUT2D eigenvalue weighted by atomic mass is 9.77. The summed E-state index contributed by atoms with van der Waals surface area (Å²) in [6.07, 6.45) is -10.7. The van der Waals surface area contributed by atoms with Crippen molar-refractivity contribution in [1.82, 2.24) is 10.2 Å². The summed E-state index contributed by atoms with van der Waals surface area (Å²) in [7, 11) is 0. The molecule has 3 aliphatic rings. The summed E-state index contributed by atoms with van der Waals surface area (Å²) >= 11 is -0.955. The number of aryl methyl sites for hydroxylation is 1. The summed E-state index contributed by atoms with van der Waals surface area (Å²) in [5.41, 5.74) is -6.13. The molecule has 4 atom stereocenters. The second kappa shape index (κ2) is 7.96. The van der Waals surface area contributed by atoms with E-state index in [1.54, 1.807) is 4.90 Å². The molecular formula is C20H21F7N2O2S. The summed E-state index contributed by atoms with van der Waals surface area (Å²) in [6.45, 7) is 0.385. The molecule has 0 radical (unpaired) electrons. The van der Waals surface area contributed by atoms with Gasteiger partial charge in [-0.05, 0) is 30.4 Å². The fourth-order valence-electron chi connectivity index (χ4n) is 5.05. The van der Waals surface area contributed by atoms with Gasteiger partial charge in [0.25, 0.3) is 0 Å². The Labute approximate surface area is 182 Å². The van der Waals surface area contributed by atoms with Gasteiger partial charge in [-0.1, -0.05) is 29.4 Å². The van der Waals surface area contributed by atoms with Gasteiger partial charge in [-0.2, -0.15) is 26.3 Å². The van der Waals surface area contributed by atoms with Gasteiger partial charge in [0, 0.05) is 30.5 Å². The third kappa shape index (κ3) is 3.82. The van der Waals surface area contributed by atoms with Crippen molar-refractivity contribution in [3.05, 3.63) is 34.9 Å². The van der Waals surface area contributed by atoms with Crippen LogP contribution in [0.2, 0.25) is 0 Å². The van der Waals surface area contributed by atoms with Crippen LogP contribution in [-0.4, -0.2) is 58.0 Å². The number of hydrogen-bond donors (Lipinski definition) is 1. The molecule has 0 bridgehead atoms. The van der Waals surface area contributed by atoms with E-state index in [1.165, 1.54) is 0 Å². The standard InChI is InChI=1S/C20H21F7N2O2S/c21-18(19(22,23)24,20(25,26)27)12-2-3-14-11(9-12)1-4-16-15(14)5-7-29(16)17(30)28-13-6-8-32(31)10-13/h2-3,9,13,15-16H,1,4-8,10H2,(H,28,30). The minimum Gasteiger partial charge on any atom is -0.616 e. The van der Waals surface area contributed by atoms with Crippen molar-refractivity contribution in [2.75, 3.05) is 18.1 Å². The van der Waals surface area contributed by atoms with Gasteiger partial charge in [-0.25, -0.2) is 9.18 Å². The Bertz CT molecular complexity index is 878. The number of fused-ring (bicyclic) bond motifs is 3. The lowest BCUT2D eigenvalue weighted by Crippen LogP contribution is -2.50. The molecule has 32 heavy (non-hydrogen) atoms. The van der Waals surface area contributed by atoms with Crippen molar-refractivity contribution < 1.29 is 40.1 Å². The van der Waals surface area contributed by atoms with Gasteiger partial charge < -0.3 is 14.8 Å². The van der Waals surface area contributed by atoms with Crippen molar-refractivity contribution in [3.8, 4) is 0 Å². The molecule has 2 amide bonds. The number of carbonyl (C=O) groups excluding carboxylic acids is 1. The zero-order valence-electron chi connectivity index (χ0n) is 16.7. The minimum absolute atomic E-state index is 0.132. The quantitative estimate of drug-likeness (QED) is 0.501. The van der Waals surface area contributed by atoms with Crippen molar-refractivity contribution in [3.63, 3.8) is 0 Å². The highest BCUT2D eigenvalue weighted by Crippen LogP contribution is 2.54. The van der Waals surface area contributed by atoms with Crippen LogP contribution in [0, 0.1) is 0 Å². The van der Waals surface area contributed by atoms with E-state index in [1.807, 2.05) is 0 Å². The number of rotatable bonds is 2. The van der Waals surface area contributed by atoms with Gasteiger partial charge >= 0.3 is 24.1 Å². The van der Waals surface area contributed by atoms with Crippen LogP contribution in [0.4, 0.5) is 35.5 Å². The summed E-state index contributed by atoms with van der Waals surface area (Å²) < 4.78 is 105. The lowest BCUT2D eigenvalue weighted by Gasteiger charge is -2.35. The van der Waals surface area contributed by atoms with E-state index < -0.39 is 34.8 Å². The largest absolute Gasteiger partial charge is 0.616 e. The van der Waals surface area contributed by atoms with Crippen LogP contribution >= 0.6 is 0 Å². The number of amides is 2. The van der Waals surface area contributed by atoms with Crippen molar-refractivity contribution in [2.24, 2.45) is 0 Å². The number of likely N-dealkylation sites (tertiary alicyclic amines) is 1. The Morgan fingerprint density at radius 3 is 2.34 bits per heavy atom. The molecule has 4 unspecified atom stereocenters. The maximum absolute atomic E-state index is 14.4. The van der Waals surface area contributed by atoms with Crippen LogP contribution in [0.5, 0.6) is 0 Å². The maximum Gasteiger partial charge on any atom is 0.435 e. The number of alkyl halides is 7. The highest BCUT2D eigenvalue weighted by molar-refractivity contribution is 7.91. The van der Waals surface area contributed by atoms with E-state index in [2.05, 4.69) is 5.32 Å². The maximum atomic E-state index is 14.4. The third-order valence-corrected chi connectivity index (χ3v) is 8.11. The molecule has 1 aromatic rings. The van der Waals surface area contributed by atoms with E-state index in [9.17, 15) is 40.1 Å². The van der Waals surface area contributed by atoms with E-state index >= 15 is 0 Å². The molecule has 2 aliphatic heterocycles. The number of benzene rings is 1. The van der Waals surface area contributed by atoms with Gasteiger partial charge in [-0.3, -0.25) is 0 Å². The Kier molecular flexibility index (Phi) is 5.84. The van der Waals surface area contributed by atoms with Crippen LogP contribution in [0.15, 0.2) is 18.2 Å². The van der Waals surface area contributed by atoms with Gasteiger partial charge in [0.15, 0.2) is 0 Å². The van der Waals surface area contributed by atoms with Crippen molar-refractivity contribution >= 4 is 17.2 Å². The molecule has 0 aromatic heterocycles. The summed E-state index contributed by atoms with van der Waals surface area (Å²) in [4.78, 5) is 14.3. The first kappa shape index (κ1) is 23.5. The molecule has 2 saturated heterocycles. The molecule has 12 heteroatoms. The molecule has 4 nitrogen and oxygen atoms in total. The predicted molar refractivity (Wildman–Crippen MR) is 102 cm³/mol. The van der Waals surface area contributed by atoms with Crippen LogP contribution in [0.3, 0.4) is 0 Å². The van der Waals surface area contributed by atoms with E-state index in [4.69, 9.17) is 0 Å². The molecule has 1 aliphatic carbocycles. The lowest BCUT2D eigenvalue weighted by molar-refractivity contribution is -0.348. The molecule has 178 valence electrons. The molecule has 2 heterocycles. The summed E-state index contributed by atoms with van der Waals surface area (Å²) in [6, 6.07) is 1.62. The second-order valence-electron chi connectivity index (χ2n) is 8.51. The second-order valence-corrected chi connectivity index (χ2v) is 10.1. The summed E-state index contributed by atoms with van der Waals surface area (Å²) in [5, 5.41) is 2.86. The topological polar surface area (TPSA) is 55.4 Å².